The maximum Gasteiger partial charge on any atom is 0.187 e. The Morgan fingerprint density at radius 3 is 2.38 bits per heavy atom. The quantitative estimate of drug-likeness (QED) is 0.261. The van der Waals surface area contributed by atoms with Crippen molar-refractivity contribution in [2.24, 2.45) is 0 Å². The number of likely N-dealkylation sites (tertiary alicyclic amines) is 1. The summed E-state index contributed by atoms with van der Waals surface area (Å²) in [6.45, 7) is 14.7. The minimum Gasteiger partial charge on any atom is -0.381 e. The van der Waals surface area contributed by atoms with Crippen LogP contribution in [0.2, 0.25) is 0 Å². The fraction of sp³-hybridized carbons (Fsp3) is 1.00. The van der Waals surface area contributed by atoms with Gasteiger partial charge < -0.3 is 28.4 Å². The van der Waals surface area contributed by atoms with Crippen LogP contribution in [0.25, 0.3) is 0 Å². The van der Waals surface area contributed by atoms with Crippen molar-refractivity contribution in [3.05, 3.63) is 0 Å². The average molecular weight is 486 g/mol. The molecule has 200 valence electrons. The third kappa shape index (κ3) is 8.39. The molecule has 3 rings (SSSR count). The minimum absolute atomic E-state index is 0.0962. The molecule has 3 fully saturated rings. The lowest BCUT2D eigenvalue weighted by Gasteiger charge is -2.31. The van der Waals surface area contributed by atoms with E-state index in [-0.39, 0.29) is 30.6 Å². The van der Waals surface area contributed by atoms with Gasteiger partial charge in [-0.15, -0.1) is 0 Å². The first-order chi connectivity index (χ1) is 16.4. The molecule has 0 aromatic heterocycles. The van der Waals surface area contributed by atoms with Crippen LogP contribution < -0.4 is 0 Å². The standard InChI is InChI=1S/C27H51NO6/c1-6-8-9-10-11-12-13-18-29-19-15-20-30-26-25-24(33-27(4,5)34-25)23(32-26)21(3)31-22-16-14-17-28(22)7-2/h21-26H,6-20H2,1-5H3/t21-,22?,23-,24+,25+,26+/m1/s1. The van der Waals surface area contributed by atoms with Crippen LogP contribution in [0.3, 0.4) is 0 Å². The maximum absolute atomic E-state index is 6.43. The van der Waals surface area contributed by atoms with E-state index in [4.69, 9.17) is 28.4 Å². The van der Waals surface area contributed by atoms with E-state index in [0.717, 1.165) is 45.6 Å². The topological polar surface area (TPSA) is 58.6 Å². The lowest BCUT2D eigenvalue weighted by atomic mass is 10.1. The zero-order valence-electron chi connectivity index (χ0n) is 22.5. The number of unbranched alkanes of at least 4 members (excludes halogenated alkanes) is 6. The number of fused-ring (bicyclic) bond motifs is 1. The van der Waals surface area contributed by atoms with Gasteiger partial charge in [-0.25, -0.2) is 0 Å². The fourth-order valence-corrected chi connectivity index (χ4v) is 5.36. The number of rotatable bonds is 17. The molecule has 0 saturated carbocycles. The molecule has 3 aliphatic heterocycles. The maximum atomic E-state index is 6.43. The number of hydrogen-bond acceptors (Lipinski definition) is 7. The molecule has 6 atom stereocenters. The van der Waals surface area contributed by atoms with Gasteiger partial charge in [0.25, 0.3) is 0 Å². The molecule has 3 aliphatic rings. The van der Waals surface area contributed by atoms with Crippen molar-refractivity contribution in [2.45, 2.75) is 142 Å². The molecule has 0 N–H and O–H groups in total. The zero-order valence-corrected chi connectivity index (χ0v) is 22.5. The molecule has 3 heterocycles. The van der Waals surface area contributed by atoms with E-state index in [1.54, 1.807) is 0 Å². The molecule has 0 aromatic rings. The highest BCUT2D eigenvalue weighted by Crippen LogP contribution is 2.41. The predicted molar refractivity (Wildman–Crippen MR) is 133 cm³/mol. The van der Waals surface area contributed by atoms with Crippen LogP contribution in [-0.4, -0.2) is 80.5 Å². The second kappa shape index (κ2) is 14.5. The van der Waals surface area contributed by atoms with Gasteiger partial charge in [-0.2, -0.15) is 0 Å². The Morgan fingerprint density at radius 2 is 1.62 bits per heavy atom. The van der Waals surface area contributed by atoms with Gasteiger partial charge >= 0.3 is 0 Å². The first-order valence-corrected chi connectivity index (χ1v) is 14.0. The predicted octanol–water partition coefficient (Wildman–Crippen LogP) is 5.25. The highest BCUT2D eigenvalue weighted by molar-refractivity contribution is 4.97. The summed E-state index contributed by atoms with van der Waals surface area (Å²) in [5.41, 5.74) is 0. The average Bonchev–Trinajstić information content (AvgIpc) is 3.47. The van der Waals surface area contributed by atoms with Crippen molar-refractivity contribution in [1.82, 2.24) is 4.90 Å². The largest absolute Gasteiger partial charge is 0.381 e. The van der Waals surface area contributed by atoms with Gasteiger partial charge in [0.05, 0.1) is 12.7 Å². The van der Waals surface area contributed by atoms with E-state index in [2.05, 4.69) is 25.7 Å². The smallest absolute Gasteiger partial charge is 0.187 e. The van der Waals surface area contributed by atoms with Crippen LogP contribution in [0.15, 0.2) is 0 Å². The van der Waals surface area contributed by atoms with E-state index in [1.165, 1.54) is 44.9 Å². The Balaban J connectivity index is 1.34. The molecule has 7 heteroatoms. The molecule has 7 nitrogen and oxygen atoms in total. The van der Waals surface area contributed by atoms with Gasteiger partial charge in [0.15, 0.2) is 12.1 Å². The fourth-order valence-electron chi connectivity index (χ4n) is 5.36. The third-order valence-corrected chi connectivity index (χ3v) is 7.20. The van der Waals surface area contributed by atoms with Crippen LogP contribution in [0.4, 0.5) is 0 Å². The lowest BCUT2D eigenvalue weighted by molar-refractivity contribution is -0.250. The Labute approximate surface area is 208 Å². The van der Waals surface area contributed by atoms with E-state index in [0.29, 0.717) is 6.61 Å². The molecule has 34 heavy (non-hydrogen) atoms. The van der Waals surface area contributed by atoms with Crippen LogP contribution in [0, 0.1) is 0 Å². The Morgan fingerprint density at radius 1 is 0.912 bits per heavy atom. The Kier molecular flexibility index (Phi) is 12.0. The van der Waals surface area contributed by atoms with Crippen molar-refractivity contribution in [3.8, 4) is 0 Å². The van der Waals surface area contributed by atoms with Crippen LogP contribution >= 0.6 is 0 Å². The molecule has 0 radical (unpaired) electrons. The van der Waals surface area contributed by atoms with E-state index >= 15 is 0 Å². The summed E-state index contributed by atoms with van der Waals surface area (Å²) < 4.78 is 37.0. The summed E-state index contributed by atoms with van der Waals surface area (Å²) in [6, 6.07) is 0. The highest BCUT2D eigenvalue weighted by Gasteiger charge is 2.57. The number of ether oxygens (including phenoxy) is 6. The third-order valence-electron chi connectivity index (χ3n) is 7.20. The van der Waals surface area contributed by atoms with Gasteiger partial charge in [0, 0.05) is 19.8 Å². The van der Waals surface area contributed by atoms with Gasteiger partial charge in [0.2, 0.25) is 0 Å². The van der Waals surface area contributed by atoms with Crippen molar-refractivity contribution in [1.29, 1.82) is 0 Å². The summed E-state index contributed by atoms with van der Waals surface area (Å²) in [4.78, 5) is 2.39. The van der Waals surface area contributed by atoms with Crippen molar-refractivity contribution >= 4 is 0 Å². The molecule has 0 bridgehead atoms. The Hall–Kier alpha value is -0.280. The second-order valence-electron chi connectivity index (χ2n) is 10.6. The molecular formula is C27H51NO6. The van der Waals surface area contributed by atoms with Gasteiger partial charge in [-0.05, 0) is 53.0 Å². The van der Waals surface area contributed by atoms with Gasteiger partial charge in [0.1, 0.15) is 24.5 Å². The van der Waals surface area contributed by atoms with Gasteiger partial charge in [-0.3, -0.25) is 4.90 Å². The van der Waals surface area contributed by atoms with Gasteiger partial charge in [-0.1, -0.05) is 52.4 Å². The number of hydrogen-bond donors (Lipinski definition) is 0. The molecule has 3 saturated heterocycles. The Bertz CT molecular complexity index is 561. The van der Waals surface area contributed by atoms with Crippen LogP contribution in [0.5, 0.6) is 0 Å². The summed E-state index contributed by atoms with van der Waals surface area (Å²) in [5.74, 6) is -0.638. The van der Waals surface area contributed by atoms with Crippen LogP contribution in [0.1, 0.15) is 98.8 Å². The molecule has 1 unspecified atom stereocenters. The van der Waals surface area contributed by atoms with Crippen molar-refractivity contribution in [2.75, 3.05) is 32.9 Å². The lowest BCUT2D eigenvalue weighted by Crippen LogP contribution is -2.43. The van der Waals surface area contributed by atoms with Crippen molar-refractivity contribution < 1.29 is 28.4 Å². The van der Waals surface area contributed by atoms with E-state index in [1.807, 2.05) is 13.8 Å². The molecule has 0 aliphatic carbocycles. The summed E-state index contributed by atoms with van der Waals surface area (Å²) in [6.07, 6.45) is 11.3. The summed E-state index contributed by atoms with van der Waals surface area (Å²) in [7, 11) is 0. The highest BCUT2D eigenvalue weighted by atomic mass is 16.8. The first-order valence-electron chi connectivity index (χ1n) is 14.0. The molecule has 0 aromatic carbocycles. The SMILES string of the molecule is CCCCCCCCCOCCCO[C@H]1O[C@H]([C@@H](C)OC2CCCN2CC)[C@@H]2OC(C)(C)O[C@H]12. The van der Waals surface area contributed by atoms with Crippen molar-refractivity contribution in [3.63, 3.8) is 0 Å². The molecular weight excluding hydrogens is 434 g/mol. The summed E-state index contributed by atoms with van der Waals surface area (Å²) in [5, 5.41) is 0. The number of nitrogens with zero attached hydrogens (tertiary/aromatic N) is 1. The monoisotopic (exact) mass is 485 g/mol. The van der Waals surface area contributed by atoms with E-state index < -0.39 is 12.1 Å². The first kappa shape index (κ1) is 28.3. The minimum atomic E-state index is -0.638. The normalized spacial score (nSPS) is 31.9. The van der Waals surface area contributed by atoms with E-state index in [9.17, 15) is 0 Å². The molecule has 0 amide bonds. The molecule has 0 spiro atoms. The van der Waals surface area contributed by atoms with Crippen LogP contribution in [-0.2, 0) is 28.4 Å². The second-order valence-corrected chi connectivity index (χ2v) is 10.6. The zero-order chi connectivity index (χ0) is 24.4. The summed E-state index contributed by atoms with van der Waals surface area (Å²) >= 11 is 0.